The highest BCUT2D eigenvalue weighted by atomic mass is 16.1. The lowest BCUT2D eigenvalue weighted by atomic mass is 9.81. The Kier molecular flexibility index (Phi) is 4.69. The van der Waals surface area contributed by atoms with Crippen molar-refractivity contribution >= 4 is 5.78 Å². The molecule has 0 aliphatic heterocycles. The molecule has 2 nitrogen and oxygen atoms in total. The second kappa shape index (κ2) is 5.82. The molecule has 0 radical (unpaired) electrons. The van der Waals surface area contributed by atoms with Crippen LogP contribution in [-0.2, 0) is 4.79 Å². The van der Waals surface area contributed by atoms with Crippen LogP contribution in [0, 0.1) is 17.8 Å². The molecule has 0 heterocycles. The van der Waals surface area contributed by atoms with Gasteiger partial charge in [-0.3, -0.25) is 4.79 Å². The summed E-state index contributed by atoms with van der Waals surface area (Å²) in [7, 11) is 0. The van der Waals surface area contributed by atoms with E-state index < -0.39 is 0 Å². The molecule has 78 valence electrons. The topological polar surface area (TPSA) is 43.1 Å². The van der Waals surface area contributed by atoms with Gasteiger partial charge >= 0.3 is 0 Å². The smallest absolute Gasteiger partial charge is 0.138 e. The van der Waals surface area contributed by atoms with Crippen molar-refractivity contribution in [3.63, 3.8) is 0 Å². The van der Waals surface area contributed by atoms with Crippen LogP contribution < -0.4 is 5.73 Å². The number of nitrogens with two attached hydrogens (primary N) is 1. The third-order valence-electron chi connectivity index (χ3n) is 2.91. The Labute approximate surface area is 86.2 Å². The Bertz CT molecular complexity index is 249. The summed E-state index contributed by atoms with van der Waals surface area (Å²) < 4.78 is 0. The Morgan fingerprint density at radius 3 is 2.79 bits per heavy atom. The Morgan fingerprint density at radius 1 is 1.43 bits per heavy atom. The third-order valence-corrected chi connectivity index (χ3v) is 2.91. The highest BCUT2D eigenvalue weighted by Crippen LogP contribution is 2.24. The predicted octanol–water partition coefficient (Wildman–Crippen LogP) is 1.88. The summed E-state index contributed by atoms with van der Waals surface area (Å²) in [5.41, 5.74) is 5.93. The summed E-state index contributed by atoms with van der Waals surface area (Å²) in [5.74, 6) is 6.16. The van der Waals surface area contributed by atoms with E-state index in [-0.39, 0.29) is 12.0 Å². The molecular weight excluding hydrogens is 174 g/mol. The van der Waals surface area contributed by atoms with Gasteiger partial charge in [0.15, 0.2) is 0 Å². The lowest BCUT2D eigenvalue weighted by Crippen LogP contribution is -2.37. The summed E-state index contributed by atoms with van der Waals surface area (Å²) >= 11 is 0. The van der Waals surface area contributed by atoms with Crippen LogP contribution in [0.1, 0.15) is 45.4 Å². The van der Waals surface area contributed by atoms with Crippen LogP contribution in [0.3, 0.4) is 0 Å². The van der Waals surface area contributed by atoms with Crippen LogP contribution in [0.2, 0.25) is 0 Å². The van der Waals surface area contributed by atoms with Gasteiger partial charge in [-0.15, -0.1) is 11.8 Å². The highest BCUT2D eigenvalue weighted by Gasteiger charge is 2.27. The molecule has 2 unspecified atom stereocenters. The van der Waals surface area contributed by atoms with Gasteiger partial charge in [0.25, 0.3) is 0 Å². The first-order chi connectivity index (χ1) is 6.75. The average Bonchev–Trinajstić information content (AvgIpc) is 2.18. The third kappa shape index (κ3) is 3.16. The molecule has 1 aliphatic rings. The minimum absolute atomic E-state index is 0.103. The quantitative estimate of drug-likeness (QED) is 0.695. The molecule has 1 saturated carbocycles. The summed E-state index contributed by atoms with van der Waals surface area (Å²) in [5, 5.41) is 0. The number of hydrogen-bond donors (Lipinski definition) is 1. The molecule has 1 rings (SSSR count). The van der Waals surface area contributed by atoms with E-state index in [2.05, 4.69) is 11.8 Å². The molecule has 2 N–H and O–H groups in total. The molecular formula is C12H19NO. The van der Waals surface area contributed by atoms with Gasteiger partial charge in [0, 0.05) is 24.8 Å². The molecule has 0 bridgehead atoms. The summed E-state index contributed by atoms with van der Waals surface area (Å²) in [6.45, 7) is 1.80. The average molecular weight is 193 g/mol. The van der Waals surface area contributed by atoms with E-state index in [0.717, 1.165) is 19.3 Å². The lowest BCUT2D eigenvalue weighted by molar-refractivity contribution is -0.124. The van der Waals surface area contributed by atoms with Crippen molar-refractivity contribution in [1.82, 2.24) is 0 Å². The fourth-order valence-electron chi connectivity index (χ4n) is 2.06. The Balaban J connectivity index is 2.36. The Morgan fingerprint density at radius 2 is 2.14 bits per heavy atom. The van der Waals surface area contributed by atoms with Gasteiger partial charge in [-0.2, -0.15) is 0 Å². The number of rotatable bonds is 3. The van der Waals surface area contributed by atoms with E-state index in [1.165, 1.54) is 6.42 Å². The monoisotopic (exact) mass is 193 g/mol. The van der Waals surface area contributed by atoms with Crippen molar-refractivity contribution in [2.24, 2.45) is 11.7 Å². The van der Waals surface area contributed by atoms with Gasteiger partial charge in [-0.05, 0) is 19.8 Å². The first kappa shape index (κ1) is 11.3. The van der Waals surface area contributed by atoms with Crippen LogP contribution in [-0.4, -0.2) is 11.8 Å². The van der Waals surface area contributed by atoms with E-state index >= 15 is 0 Å². The summed E-state index contributed by atoms with van der Waals surface area (Å²) in [6.07, 6.45) is 5.61. The molecule has 1 fully saturated rings. The number of Topliss-reactive ketones (excluding diaryl/α,β-unsaturated/α-hetero) is 1. The van der Waals surface area contributed by atoms with Gasteiger partial charge in [-0.25, -0.2) is 0 Å². The van der Waals surface area contributed by atoms with Crippen molar-refractivity contribution < 1.29 is 4.79 Å². The molecule has 2 atom stereocenters. The SMILES string of the molecule is CC#CCCC(=O)C1CCCCC1N. The molecule has 0 aromatic rings. The van der Waals surface area contributed by atoms with Gasteiger partial charge in [0.1, 0.15) is 5.78 Å². The fraction of sp³-hybridized carbons (Fsp3) is 0.750. The summed E-state index contributed by atoms with van der Waals surface area (Å²) in [4.78, 5) is 11.7. The van der Waals surface area contributed by atoms with Gasteiger partial charge in [0.2, 0.25) is 0 Å². The largest absolute Gasteiger partial charge is 0.327 e. The van der Waals surface area contributed by atoms with Crippen molar-refractivity contribution in [2.45, 2.75) is 51.5 Å². The normalized spacial score (nSPS) is 26.4. The fourth-order valence-corrected chi connectivity index (χ4v) is 2.06. The van der Waals surface area contributed by atoms with Gasteiger partial charge in [0.05, 0.1) is 0 Å². The molecule has 1 aliphatic carbocycles. The molecule has 14 heavy (non-hydrogen) atoms. The van der Waals surface area contributed by atoms with Crippen LogP contribution in [0.25, 0.3) is 0 Å². The van der Waals surface area contributed by atoms with Crippen LogP contribution in [0.5, 0.6) is 0 Å². The van der Waals surface area contributed by atoms with E-state index in [0.29, 0.717) is 18.6 Å². The Hall–Kier alpha value is -0.810. The molecule has 0 amide bonds. The van der Waals surface area contributed by atoms with Crippen molar-refractivity contribution in [1.29, 1.82) is 0 Å². The maximum atomic E-state index is 11.7. The van der Waals surface area contributed by atoms with Gasteiger partial charge in [-0.1, -0.05) is 12.8 Å². The van der Waals surface area contributed by atoms with E-state index in [1.54, 1.807) is 6.92 Å². The maximum Gasteiger partial charge on any atom is 0.138 e. The van der Waals surface area contributed by atoms with Crippen LogP contribution in [0.15, 0.2) is 0 Å². The zero-order chi connectivity index (χ0) is 10.4. The minimum Gasteiger partial charge on any atom is -0.327 e. The number of ketones is 1. The van der Waals surface area contributed by atoms with E-state index in [1.807, 2.05) is 0 Å². The highest BCUT2D eigenvalue weighted by molar-refractivity contribution is 5.82. The van der Waals surface area contributed by atoms with Crippen LogP contribution >= 0.6 is 0 Å². The van der Waals surface area contributed by atoms with Gasteiger partial charge < -0.3 is 5.73 Å². The van der Waals surface area contributed by atoms with E-state index in [9.17, 15) is 4.79 Å². The predicted molar refractivity (Wildman–Crippen MR) is 57.6 cm³/mol. The number of carbonyl (C=O) groups excluding carboxylic acids is 1. The molecule has 0 aromatic carbocycles. The van der Waals surface area contributed by atoms with E-state index in [4.69, 9.17) is 5.73 Å². The van der Waals surface area contributed by atoms with Crippen molar-refractivity contribution in [2.75, 3.05) is 0 Å². The lowest BCUT2D eigenvalue weighted by Gasteiger charge is -2.27. The maximum absolute atomic E-state index is 11.7. The second-order valence-corrected chi connectivity index (χ2v) is 3.95. The number of hydrogen-bond acceptors (Lipinski definition) is 2. The molecule has 0 spiro atoms. The zero-order valence-electron chi connectivity index (χ0n) is 8.88. The number of carbonyl (C=O) groups is 1. The van der Waals surface area contributed by atoms with Crippen molar-refractivity contribution in [3.8, 4) is 11.8 Å². The summed E-state index contributed by atoms with van der Waals surface area (Å²) in [6, 6.07) is 0.103. The second-order valence-electron chi connectivity index (χ2n) is 3.95. The standard InChI is InChI=1S/C12H19NO/c1-2-3-4-9-12(14)10-7-5-6-8-11(10)13/h10-11H,4-9,13H2,1H3. The molecule has 2 heteroatoms. The molecule has 0 aromatic heterocycles. The first-order valence-corrected chi connectivity index (χ1v) is 5.43. The van der Waals surface area contributed by atoms with Crippen molar-refractivity contribution in [3.05, 3.63) is 0 Å². The zero-order valence-corrected chi connectivity index (χ0v) is 8.88. The first-order valence-electron chi connectivity index (χ1n) is 5.43. The minimum atomic E-state index is 0.103. The molecule has 0 saturated heterocycles. The van der Waals surface area contributed by atoms with Crippen LogP contribution in [0.4, 0.5) is 0 Å².